The van der Waals surface area contributed by atoms with Crippen molar-refractivity contribution in [1.29, 1.82) is 0 Å². The number of ether oxygens (including phenoxy) is 1. The third-order valence-corrected chi connectivity index (χ3v) is 11.1. The van der Waals surface area contributed by atoms with Gasteiger partial charge < -0.3 is 9.84 Å². The van der Waals surface area contributed by atoms with Gasteiger partial charge in [-0.3, -0.25) is 4.79 Å². The Bertz CT molecular complexity index is 879. The zero-order valence-corrected chi connectivity index (χ0v) is 21.4. The van der Waals surface area contributed by atoms with Crippen LogP contribution in [0.5, 0.6) is 0 Å². The first-order valence-electron chi connectivity index (χ1n) is 13.2. The average Bonchev–Trinajstić information content (AvgIpc) is 3.14. The van der Waals surface area contributed by atoms with E-state index in [1.807, 2.05) is 38.3 Å². The molecule has 33 heavy (non-hydrogen) atoms. The minimum atomic E-state index is -0.513. The highest BCUT2D eigenvalue weighted by molar-refractivity contribution is 6.30. The van der Waals surface area contributed by atoms with Crippen molar-refractivity contribution in [3.8, 4) is 0 Å². The fourth-order valence-corrected chi connectivity index (χ4v) is 9.40. The van der Waals surface area contributed by atoms with Crippen LogP contribution in [0.3, 0.4) is 0 Å². The summed E-state index contributed by atoms with van der Waals surface area (Å²) in [5.74, 6) is 3.12. The molecular formula is C29H41ClO3. The van der Waals surface area contributed by atoms with Gasteiger partial charge in [-0.05, 0) is 130 Å². The molecule has 4 aliphatic rings. The van der Waals surface area contributed by atoms with Crippen molar-refractivity contribution in [1.82, 2.24) is 0 Å². The molecule has 0 aliphatic heterocycles. The SMILES string of the molecule is COCC[C@]12CC[C@@](C)(O)C[C@@H]1CC[C@H]1[C@@H]3CC[C@H](C(=O)c4ccc(Cl)cc4)[C@@]3(C)CC[C@@H]12. The molecule has 0 bridgehead atoms. The standard InChI is InChI=1S/C29H41ClO3/c1-27(32)14-15-29(16-17-33-3)20(18-27)6-9-22-23-10-11-25(28(23,2)13-12-24(22)29)26(31)19-4-7-21(30)8-5-19/h4-5,7-8,20,22-25,32H,6,9-18H2,1-3H3/t20-,22-,23-,24-,25+,27+,28-,29+/m0/s1. The van der Waals surface area contributed by atoms with Crippen molar-refractivity contribution >= 4 is 17.4 Å². The van der Waals surface area contributed by atoms with Crippen LogP contribution in [0.2, 0.25) is 5.02 Å². The summed E-state index contributed by atoms with van der Waals surface area (Å²) in [6, 6.07) is 7.51. The Kier molecular flexibility index (Phi) is 6.24. The average molecular weight is 473 g/mol. The fourth-order valence-electron chi connectivity index (χ4n) is 9.27. The van der Waals surface area contributed by atoms with Gasteiger partial charge in [0.15, 0.2) is 5.78 Å². The summed E-state index contributed by atoms with van der Waals surface area (Å²) in [6.07, 6.45) is 11.2. The first-order chi connectivity index (χ1) is 15.7. The van der Waals surface area contributed by atoms with Gasteiger partial charge in [0.2, 0.25) is 0 Å². The van der Waals surface area contributed by atoms with Crippen LogP contribution in [0.25, 0.3) is 0 Å². The highest BCUT2D eigenvalue weighted by Gasteiger charge is 2.62. The van der Waals surface area contributed by atoms with Crippen LogP contribution in [0, 0.1) is 40.4 Å². The second-order valence-electron chi connectivity index (χ2n) is 12.4. The molecule has 0 aromatic heterocycles. The fraction of sp³-hybridized carbons (Fsp3) is 0.759. The molecule has 4 saturated carbocycles. The molecule has 0 amide bonds. The van der Waals surface area contributed by atoms with Crippen LogP contribution in [-0.2, 0) is 4.74 Å². The van der Waals surface area contributed by atoms with Crippen LogP contribution in [0.4, 0.5) is 0 Å². The van der Waals surface area contributed by atoms with E-state index in [0.717, 1.165) is 50.7 Å². The highest BCUT2D eigenvalue weighted by atomic mass is 35.5. The third-order valence-electron chi connectivity index (χ3n) is 10.9. The molecular weight excluding hydrogens is 432 g/mol. The van der Waals surface area contributed by atoms with Gasteiger partial charge in [-0.25, -0.2) is 0 Å². The van der Waals surface area contributed by atoms with Crippen molar-refractivity contribution < 1.29 is 14.6 Å². The van der Waals surface area contributed by atoms with Gasteiger partial charge in [-0.1, -0.05) is 18.5 Å². The Morgan fingerprint density at radius 1 is 1.03 bits per heavy atom. The molecule has 0 spiro atoms. The van der Waals surface area contributed by atoms with Crippen molar-refractivity contribution in [2.24, 2.45) is 40.4 Å². The van der Waals surface area contributed by atoms with E-state index in [0.29, 0.717) is 39.9 Å². The van der Waals surface area contributed by atoms with E-state index in [9.17, 15) is 9.90 Å². The molecule has 4 heteroatoms. The maximum Gasteiger partial charge on any atom is 0.166 e. The van der Waals surface area contributed by atoms with E-state index in [1.54, 1.807) is 0 Å². The maximum atomic E-state index is 13.6. The molecule has 5 rings (SSSR count). The van der Waals surface area contributed by atoms with Crippen molar-refractivity contribution in [2.75, 3.05) is 13.7 Å². The third kappa shape index (κ3) is 3.91. The van der Waals surface area contributed by atoms with Crippen LogP contribution in [-0.4, -0.2) is 30.2 Å². The number of rotatable bonds is 5. The summed E-state index contributed by atoms with van der Waals surface area (Å²) < 4.78 is 5.62. The van der Waals surface area contributed by atoms with Gasteiger partial charge in [0.1, 0.15) is 0 Å². The number of fused-ring (bicyclic) bond motifs is 5. The van der Waals surface area contributed by atoms with Gasteiger partial charge in [-0.2, -0.15) is 0 Å². The monoisotopic (exact) mass is 472 g/mol. The molecule has 182 valence electrons. The summed E-state index contributed by atoms with van der Waals surface area (Å²) in [5.41, 5.74) is 0.720. The van der Waals surface area contributed by atoms with E-state index in [4.69, 9.17) is 16.3 Å². The molecule has 0 radical (unpaired) electrons. The summed E-state index contributed by atoms with van der Waals surface area (Å²) in [4.78, 5) is 13.6. The van der Waals surface area contributed by atoms with Crippen LogP contribution < -0.4 is 0 Å². The Morgan fingerprint density at radius 3 is 2.52 bits per heavy atom. The second kappa shape index (κ2) is 8.64. The number of halogens is 1. The van der Waals surface area contributed by atoms with E-state index in [2.05, 4.69) is 6.92 Å². The number of Topliss-reactive ketones (excluding diaryl/α,β-unsaturated/α-hetero) is 1. The van der Waals surface area contributed by atoms with Gasteiger partial charge in [-0.15, -0.1) is 0 Å². The Morgan fingerprint density at radius 2 is 1.79 bits per heavy atom. The number of carbonyl (C=O) groups excluding carboxylic acids is 1. The van der Waals surface area contributed by atoms with Gasteiger partial charge >= 0.3 is 0 Å². The molecule has 8 atom stereocenters. The van der Waals surface area contributed by atoms with Crippen LogP contribution in [0.15, 0.2) is 24.3 Å². The minimum Gasteiger partial charge on any atom is -0.390 e. The van der Waals surface area contributed by atoms with Crippen molar-refractivity contribution in [2.45, 2.75) is 83.7 Å². The van der Waals surface area contributed by atoms with Crippen LogP contribution in [0.1, 0.15) is 88.4 Å². The quantitative estimate of drug-likeness (QED) is 0.471. The van der Waals surface area contributed by atoms with Gasteiger partial charge in [0.25, 0.3) is 0 Å². The van der Waals surface area contributed by atoms with E-state index in [1.165, 1.54) is 25.7 Å². The smallest absolute Gasteiger partial charge is 0.166 e. The van der Waals surface area contributed by atoms with E-state index in [-0.39, 0.29) is 11.3 Å². The molecule has 4 aliphatic carbocycles. The van der Waals surface area contributed by atoms with Gasteiger partial charge in [0, 0.05) is 30.2 Å². The lowest BCUT2D eigenvalue weighted by atomic mass is 9.42. The highest BCUT2D eigenvalue weighted by Crippen LogP contribution is 2.69. The van der Waals surface area contributed by atoms with E-state index < -0.39 is 5.60 Å². The number of ketones is 1. The van der Waals surface area contributed by atoms with Crippen molar-refractivity contribution in [3.63, 3.8) is 0 Å². The number of hydrogen-bond acceptors (Lipinski definition) is 3. The molecule has 0 unspecified atom stereocenters. The van der Waals surface area contributed by atoms with Gasteiger partial charge in [0.05, 0.1) is 5.60 Å². The number of aliphatic hydroxyl groups is 1. The second-order valence-corrected chi connectivity index (χ2v) is 12.8. The number of benzene rings is 1. The number of hydrogen-bond donors (Lipinski definition) is 1. The summed E-state index contributed by atoms with van der Waals surface area (Å²) in [5, 5.41) is 11.6. The number of carbonyl (C=O) groups is 1. The predicted octanol–water partition coefficient (Wildman–Crippen LogP) is 6.95. The molecule has 1 N–H and O–H groups in total. The predicted molar refractivity (Wildman–Crippen MR) is 132 cm³/mol. The zero-order valence-electron chi connectivity index (χ0n) is 20.6. The Hall–Kier alpha value is -0.900. The Labute approximate surface area is 204 Å². The number of methoxy groups -OCH3 is 1. The molecule has 0 saturated heterocycles. The normalized spacial score (nSPS) is 44.6. The largest absolute Gasteiger partial charge is 0.390 e. The molecule has 4 fully saturated rings. The first kappa shape index (κ1) is 23.8. The Balaban J connectivity index is 1.41. The zero-order chi connectivity index (χ0) is 23.4. The first-order valence-corrected chi connectivity index (χ1v) is 13.6. The molecule has 1 aromatic rings. The van der Waals surface area contributed by atoms with Crippen molar-refractivity contribution in [3.05, 3.63) is 34.9 Å². The van der Waals surface area contributed by atoms with Crippen LogP contribution >= 0.6 is 11.6 Å². The summed E-state index contributed by atoms with van der Waals surface area (Å²) >= 11 is 6.08. The van der Waals surface area contributed by atoms with E-state index >= 15 is 0 Å². The lowest BCUT2D eigenvalue weighted by molar-refractivity contribution is -0.160. The maximum absolute atomic E-state index is 13.6. The molecule has 1 aromatic carbocycles. The molecule has 3 nitrogen and oxygen atoms in total. The molecule has 0 heterocycles. The summed E-state index contributed by atoms with van der Waals surface area (Å²) in [7, 11) is 1.83. The topological polar surface area (TPSA) is 46.5 Å². The lowest BCUT2D eigenvalue weighted by Crippen LogP contribution is -2.57. The summed E-state index contributed by atoms with van der Waals surface area (Å²) in [6.45, 7) is 5.29. The lowest BCUT2D eigenvalue weighted by Gasteiger charge is -2.63. The minimum absolute atomic E-state index is 0.104.